The van der Waals surface area contributed by atoms with Crippen LogP contribution < -0.4 is 14.8 Å². The summed E-state index contributed by atoms with van der Waals surface area (Å²) in [6, 6.07) is 11.8. The van der Waals surface area contributed by atoms with Gasteiger partial charge in [0.15, 0.2) is 19.0 Å². The van der Waals surface area contributed by atoms with Gasteiger partial charge in [-0.3, -0.25) is 9.59 Å². The van der Waals surface area contributed by atoms with Crippen molar-refractivity contribution in [3.05, 3.63) is 59.7 Å². The van der Waals surface area contributed by atoms with Gasteiger partial charge in [-0.25, -0.2) is 4.79 Å². The topological polar surface area (TPSA) is 90.9 Å². The summed E-state index contributed by atoms with van der Waals surface area (Å²) in [5.74, 6) is -0.223. The van der Waals surface area contributed by atoms with Gasteiger partial charge in [-0.2, -0.15) is 0 Å². The molecule has 0 saturated heterocycles. The van der Waals surface area contributed by atoms with Crippen molar-refractivity contribution >= 4 is 29.4 Å². The maximum absolute atomic E-state index is 12.2. The lowest BCUT2D eigenvalue weighted by Gasteiger charge is -2.18. The molecular formula is C20H17NO6. The van der Waals surface area contributed by atoms with Gasteiger partial charge in [0.1, 0.15) is 11.5 Å². The molecule has 27 heavy (non-hydrogen) atoms. The van der Waals surface area contributed by atoms with E-state index in [1.807, 2.05) is 12.1 Å². The predicted octanol–water partition coefficient (Wildman–Crippen LogP) is 2.47. The minimum absolute atomic E-state index is 0.0591. The molecule has 0 bridgehead atoms. The second-order valence-corrected chi connectivity index (χ2v) is 5.65. The van der Waals surface area contributed by atoms with Crippen LogP contribution in [-0.4, -0.2) is 38.0 Å². The summed E-state index contributed by atoms with van der Waals surface area (Å²) < 4.78 is 15.4. The number of methoxy groups -OCH3 is 1. The van der Waals surface area contributed by atoms with Gasteiger partial charge in [0.25, 0.3) is 5.91 Å². The number of anilines is 1. The number of ether oxygens (including phenoxy) is 3. The van der Waals surface area contributed by atoms with Crippen LogP contribution in [0.5, 0.6) is 11.5 Å². The third-order valence-corrected chi connectivity index (χ3v) is 3.82. The van der Waals surface area contributed by atoms with Crippen LogP contribution in [0.15, 0.2) is 48.5 Å². The van der Waals surface area contributed by atoms with E-state index in [2.05, 4.69) is 5.32 Å². The van der Waals surface area contributed by atoms with Crippen LogP contribution in [-0.2, 0) is 14.3 Å². The minimum Gasteiger partial charge on any atom is -0.496 e. The molecule has 7 nitrogen and oxygen atoms in total. The van der Waals surface area contributed by atoms with Crippen LogP contribution in [0, 0.1) is 0 Å². The third kappa shape index (κ3) is 4.52. The Labute approximate surface area is 155 Å². The van der Waals surface area contributed by atoms with Crippen molar-refractivity contribution in [2.75, 3.05) is 25.6 Å². The number of para-hydroxylation sites is 1. The van der Waals surface area contributed by atoms with Crippen LogP contribution in [0.4, 0.5) is 5.69 Å². The molecule has 7 heteroatoms. The summed E-state index contributed by atoms with van der Waals surface area (Å²) in [5.41, 5.74) is 1.44. The van der Waals surface area contributed by atoms with E-state index in [1.54, 1.807) is 30.3 Å². The Bertz CT molecular complexity index is 918. The number of hydrogen-bond donors (Lipinski definition) is 1. The zero-order valence-corrected chi connectivity index (χ0v) is 14.6. The van der Waals surface area contributed by atoms with E-state index in [9.17, 15) is 14.4 Å². The van der Waals surface area contributed by atoms with E-state index in [0.29, 0.717) is 28.3 Å². The summed E-state index contributed by atoms with van der Waals surface area (Å²) in [7, 11) is 1.54. The molecule has 0 saturated carbocycles. The highest BCUT2D eigenvalue weighted by atomic mass is 16.5. The van der Waals surface area contributed by atoms with Crippen LogP contribution in [0.3, 0.4) is 0 Å². The molecule has 2 aromatic rings. The fraction of sp³-hybridized carbons (Fsp3) is 0.150. The Balaban J connectivity index is 1.59. The monoisotopic (exact) mass is 367 g/mol. The number of ketones is 1. The van der Waals surface area contributed by atoms with Crippen molar-refractivity contribution in [3.8, 4) is 11.5 Å². The predicted molar refractivity (Wildman–Crippen MR) is 97.9 cm³/mol. The van der Waals surface area contributed by atoms with Gasteiger partial charge >= 0.3 is 5.97 Å². The molecule has 1 heterocycles. The molecule has 1 aliphatic rings. The molecule has 138 valence electrons. The summed E-state index contributed by atoms with van der Waals surface area (Å²) in [4.78, 5) is 35.4. The lowest BCUT2D eigenvalue weighted by atomic mass is 10.1. The van der Waals surface area contributed by atoms with Crippen molar-refractivity contribution < 1.29 is 28.6 Å². The van der Waals surface area contributed by atoms with E-state index in [0.717, 1.165) is 0 Å². The number of carbonyl (C=O) groups is 3. The van der Waals surface area contributed by atoms with Crippen LogP contribution in [0.2, 0.25) is 0 Å². The second kappa shape index (κ2) is 8.18. The van der Waals surface area contributed by atoms with Crippen molar-refractivity contribution in [2.24, 2.45) is 0 Å². The molecule has 0 unspecified atom stereocenters. The quantitative estimate of drug-likeness (QED) is 0.479. The van der Waals surface area contributed by atoms with E-state index in [-0.39, 0.29) is 12.5 Å². The molecule has 1 aliphatic heterocycles. The maximum atomic E-state index is 12.2. The Morgan fingerprint density at radius 2 is 2.04 bits per heavy atom. The van der Waals surface area contributed by atoms with E-state index in [1.165, 1.54) is 19.3 Å². The van der Waals surface area contributed by atoms with Gasteiger partial charge in [-0.1, -0.05) is 18.2 Å². The SMILES string of the molecule is COc1ccccc1/C=C/C(=O)OCC(=O)c1ccc2c(c1)NC(=O)CO2. The summed E-state index contributed by atoms with van der Waals surface area (Å²) >= 11 is 0. The Kier molecular flexibility index (Phi) is 5.51. The third-order valence-electron chi connectivity index (χ3n) is 3.82. The van der Waals surface area contributed by atoms with Crippen molar-refractivity contribution in [1.82, 2.24) is 0 Å². The number of rotatable bonds is 6. The summed E-state index contributed by atoms with van der Waals surface area (Å²) in [6.45, 7) is -0.473. The molecular weight excluding hydrogens is 350 g/mol. The highest BCUT2D eigenvalue weighted by Gasteiger charge is 2.18. The first-order valence-corrected chi connectivity index (χ1v) is 8.14. The Morgan fingerprint density at radius 1 is 1.22 bits per heavy atom. The van der Waals surface area contributed by atoms with E-state index >= 15 is 0 Å². The molecule has 0 radical (unpaired) electrons. The second-order valence-electron chi connectivity index (χ2n) is 5.65. The van der Waals surface area contributed by atoms with E-state index in [4.69, 9.17) is 14.2 Å². The molecule has 0 fully saturated rings. The number of fused-ring (bicyclic) bond motifs is 1. The van der Waals surface area contributed by atoms with Crippen LogP contribution >= 0.6 is 0 Å². The average Bonchev–Trinajstić information content (AvgIpc) is 2.70. The van der Waals surface area contributed by atoms with Crippen LogP contribution in [0.25, 0.3) is 6.08 Å². The Hall–Kier alpha value is -3.61. The van der Waals surface area contributed by atoms with E-state index < -0.39 is 18.4 Å². The standard InChI is InChI=1S/C20H17NO6/c1-25-17-5-3-2-4-13(17)7-9-20(24)27-11-16(22)14-6-8-18-15(10-14)21-19(23)12-26-18/h2-10H,11-12H2,1H3,(H,21,23)/b9-7+. The maximum Gasteiger partial charge on any atom is 0.331 e. The number of nitrogens with one attached hydrogen (secondary N) is 1. The molecule has 1 amide bonds. The number of benzene rings is 2. The lowest BCUT2D eigenvalue weighted by molar-refractivity contribution is -0.136. The van der Waals surface area contributed by atoms with Gasteiger partial charge < -0.3 is 19.5 Å². The first-order valence-electron chi connectivity index (χ1n) is 8.14. The normalized spacial score (nSPS) is 12.7. The number of carbonyl (C=O) groups excluding carboxylic acids is 3. The molecule has 0 atom stereocenters. The van der Waals surface area contributed by atoms with Crippen molar-refractivity contribution in [3.63, 3.8) is 0 Å². The highest BCUT2D eigenvalue weighted by Crippen LogP contribution is 2.28. The molecule has 0 aromatic heterocycles. The number of hydrogen-bond acceptors (Lipinski definition) is 6. The first kappa shape index (κ1) is 18.2. The zero-order chi connectivity index (χ0) is 19.2. The van der Waals surface area contributed by atoms with Gasteiger partial charge in [0.05, 0.1) is 12.8 Å². The van der Waals surface area contributed by atoms with Gasteiger partial charge in [0, 0.05) is 17.2 Å². The summed E-state index contributed by atoms with van der Waals surface area (Å²) in [6.07, 6.45) is 2.78. The molecule has 2 aromatic carbocycles. The van der Waals surface area contributed by atoms with Crippen molar-refractivity contribution in [1.29, 1.82) is 0 Å². The average molecular weight is 367 g/mol. The fourth-order valence-electron chi connectivity index (χ4n) is 2.49. The van der Waals surface area contributed by atoms with Gasteiger partial charge in [0.2, 0.25) is 0 Å². The molecule has 0 aliphatic carbocycles. The van der Waals surface area contributed by atoms with Crippen molar-refractivity contribution in [2.45, 2.75) is 0 Å². The smallest absolute Gasteiger partial charge is 0.331 e. The Morgan fingerprint density at radius 3 is 2.85 bits per heavy atom. The minimum atomic E-state index is -0.649. The number of amides is 1. The zero-order valence-electron chi connectivity index (χ0n) is 14.6. The van der Waals surface area contributed by atoms with Gasteiger partial charge in [-0.05, 0) is 30.3 Å². The van der Waals surface area contributed by atoms with Gasteiger partial charge in [-0.15, -0.1) is 0 Å². The van der Waals surface area contributed by atoms with Crippen LogP contribution in [0.1, 0.15) is 15.9 Å². The first-order chi connectivity index (χ1) is 13.1. The number of Topliss-reactive ketones (excluding diaryl/α,β-unsaturated/α-hetero) is 1. The largest absolute Gasteiger partial charge is 0.496 e. The summed E-state index contributed by atoms with van der Waals surface area (Å²) in [5, 5.41) is 2.62. The molecule has 3 rings (SSSR count). The lowest BCUT2D eigenvalue weighted by Crippen LogP contribution is -2.25. The molecule has 1 N–H and O–H groups in total. The highest BCUT2D eigenvalue weighted by molar-refractivity contribution is 6.02. The molecule has 0 spiro atoms. The number of esters is 1. The fourth-order valence-corrected chi connectivity index (χ4v) is 2.49.